The molecule has 0 atom stereocenters. The van der Waals surface area contributed by atoms with Crippen molar-refractivity contribution in [3.8, 4) is 0 Å². The van der Waals surface area contributed by atoms with Crippen LogP contribution in [0.5, 0.6) is 0 Å². The smallest absolute Gasteiger partial charge is 0.248 e. The third-order valence-corrected chi connectivity index (χ3v) is 2.56. The summed E-state index contributed by atoms with van der Waals surface area (Å²) in [4.78, 5) is 10.9. The molecule has 0 heterocycles. The number of nitrogens with two attached hydrogens (primary N) is 1. The van der Waals surface area contributed by atoms with Crippen molar-refractivity contribution in [3.63, 3.8) is 0 Å². The van der Waals surface area contributed by atoms with Gasteiger partial charge in [-0.1, -0.05) is 0 Å². The molecule has 1 amide bonds. The average molecular weight is 235 g/mol. The molecular formula is C11H13N3OS. The third kappa shape index (κ3) is 2.93. The van der Waals surface area contributed by atoms with Crippen molar-refractivity contribution in [1.29, 1.82) is 0 Å². The molecule has 2 rings (SSSR count). The topological polar surface area (TPSA) is 67.2 Å². The van der Waals surface area contributed by atoms with E-state index in [0.29, 0.717) is 16.7 Å². The minimum Gasteiger partial charge on any atom is -0.366 e. The second-order valence-electron chi connectivity index (χ2n) is 3.81. The highest BCUT2D eigenvalue weighted by molar-refractivity contribution is 7.80. The van der Waals surface area contributed by atoms with Gasteiger partial charge in [0.25, 0.3) is 0 Å². The number of thiocarbonyl (C=S) groups is 1. The Morgan fingerprint density at radius 3 is 2.44 bits per heavy atom. The van der Waals surface area contributed by atoms with Gasteiger partial charge in [0.2, 0.25) is 5.91 Å². The zero-order chi connectivity index (χ0) is 11.5. The summed E-state index contributed by atoms with van der Waals surface area (Å²) in [7, 11) is 0. The first-order valence-electron chi connectivity index (χ1n) is 5.12. The van der Waals surface area contributed by atoms with Gasteiger partial charge in [-0.2, -0.15) is 0 Å². The maximum Gasteiger partial charge on any atom is 0.248 e. The van der Waals surface area contributed by atoms with Crippen molar-refractivity contribution in [2.75, 3.05) is 5.32 Å². The van der Waals surface area contributed by atoms with Crippen LogP contribution in [0.25, 0.3) is 0 Å². The SMILES string of the molecule is NC(=O)c1ccc(NC(=S)NC2CC2)cc1. The number of primary amides is 1. The number of amides is 1. The monoisotopic (exact) mass is 235 g/mol. The molecule has 1 aromatic carbocycles. The standard InChI is InChI=1S/C11H13N3OS/c12-10(15)7-1-3-8(4-2-7)13-11(16)14-9-5-6-9/h1-4,9H,5-6H2,(H2,12,15)(H2,13,14,16). The molecule has 1 aromatic rings. The van der Waals surface area contributed by atoms with E-state index in [4.69, 9.17) is 18.0 Å². The minimum absolute atomic E-state index is 0.426. The lowest BCUT2D eigenvalue weighted by atomic mass is 10.2. The van der Waals surface area contributed by atoms with Crippen LogP contribution in [0, 0.1) is 0 Å². The summed E-state index contributed by atoms with van der Waals surface area (Å²) in [5, 5.41) is 6.84. The molecule has 5 heteroatoms. The fourth-order valence-corrected chi connectivity index (χ4v) is 1.58. The molecule has 1 fully saturated rings. The molecule has 0 unspecified atom stereocenters. The number of rotatable bonds is 3. The zero-order valence-corrected chi connectivity index (χ0v) is 9.51. The Morgan fingerprint density at radius 2 is 1.94 bits per heavy atom. The molecule has 1 saturated carbocycles. The fourth-order valence-electron chi connectivity index (χ4n) is 1.30. The minimum atomic E-state index is -0.426. The lowest BCUT2D eigenvalue weighted by molar-refractivity contribution is 0.100. The summed E-state index contributed by atoms with van der Waals surface area (Å²) in [5.74, 6) is -0.426. The number of hydrogen-bond donors (Lipinski definition) is 3. The van der Waals surface area contributed by atoms with Gasteiger partial charge in [-0.25, -0.2) is 0 Å². The van der Waals surface area contributed by atoms with E-state index in [9.17, 15) is 4.79 Å². The third-order valence-electron chi connectivity index (χ3n) is 2.34. The summed E-state index contributed by atoms with van der Waals surface area (Å²) in [6.45, 7) is 0. The van der Waals surface area contributed by atoms with Gasteiger partial charge in [-0.15, -0.1) is 0 Å². The molecule has 0 aliphatic heterocycles. The van der Waals surface area contributed by atoms with Gasteiger partial charge in [-0.3, -0.25) is 4.79 Å². The maximum atomic E-state index is 10.9. The molecular weight excluding hydrogens is 222 g/mol. The second kappa shape index (κ2) is 4.49. The van der Waals surface area contributed by atoms with Gasteiger partial charge < -0.3 is 16.4 Å². The van der Waals surface area contributed by atoms with Crippen LogP contribution >= 0.6 is 12.2 Å². The van der Waals surface area contributed by atoms with Gasteiger partial charge in [0.05, 0.1) is 0 Å². The van der Waals surface area contributed by atoms with E-state index in [1.54, 1.807) is 24.3 Å². The second-order valence-corrected chi connectivity index (χ2v) is 4.22. The Bertz CT molecular complexity index is 412. The van der Waals surface area contributed by atoms with E-state index in [1.807, 2.05) is 0 Å². The molecule has 0 bridgehead atoms. The lowest BCUT2D eigenvalue weighted by Gasteiger charge is -2.09. The van der Waals surface area contributed by atoms with Crippen LogP contribution in [-0.4, -0.2) is 17.1 Å². The van der Waals surface area contributed by atoms with Crippen molar-refractivity contribution in [2.24, 2.45) is 5.73 Å². The van der Waals surface area contributed by atoms with Crippen LogP contribution in [0.3, 0.4) is 0 Å². The van der Waals surface area contributed by atoms with Gasteiger partial charge in [0.15, 0.2) is 5.11 Å². The highest BCUT2D eigenvalue weighted by atomic mass is 32.1. The van der Waals surface area contributed by atoms with E-state index >= 15 is 0 Å². The summed E-state index contributed by atoms with van der Waals surface area (Å²) in [6.07, 6.45) is 2.37. The number of nitrogens with one attached hydrogen (secondary N) is 2. The average Bonchev–Trinajstić information content (AvgIpc) is 3.02. The van der Waals surface area contributed by atoms with Crippen LogP contribution in [0.4, 0.5) is 5.69 Å². The predicted molar refractivity (Wildman–Crippen MR) is 67.3 cm³/mol. The Morgan fingerprint density at radius 1 is 1.31 bits per heavy atom. The van der Waals surface area contributed by atoms with Gasteiger partial charge in [0, 0.05) is 17.3 Å². The molecule has 4 N–H and O–H groups in total. The molecule has 4 nitrogen and oxygen atoms in total. The molecule has 0 saturated heterocycles. The first kappa shape index (κ1) is 10.9. The quantitative estimate of drug-likeness (QED) is 0.689. The largest absolute Gasteiger partial charge is 0.366 e. The summed E-state index contributed by atoms with van der Waals surface area (Å²) in [5.41, 5.74) is 6.48. The lowest BCUT2D eigenvalue weighted by Crippen LogP contribution is -2.30. The first-order valence-corrected chi connectivity index (χ1v) is 5.53. The predicted octanol–water partition coefficient (Wildman–Crippen LogP) is 1.23. The van der Waals surface area contributed by atoms with E-state index in [1.165, 1.54) is 12.8 Å². The number of hydrogen-bond acceptors (Lipinski definition) is 2. The zero-order valence-electron chi connectivity index (χ0n) is 8.69. The Hall–Kier alpha value is -1.62. The molecule has 16 heavy (non-hydrogen) atoms. The maximum absolute atomic E-state index is 10.9. The summed E-state index contributed by atoms with van der Waals surface area (Å²) in [6, 6.07) is 7.43. The molecule has 0 spiro atoms. The number of carbonyl (C=O) groups is 1. The number of anilines is 1. The van der Waals surface area contributed by atoms with Crippen molar-refractivity contribution in [2.45, 2.75) is 18.9 Å². The van der Waals surface area contributed by atoms with Gasteiger partial charge in [0.1, 0.15) is 0 Å². The summed E-state index contributed by atoms with van der Waals surface area (Å²) >= 11 is 5.12. The normalized spacial score (nSPS) is 14.2. The van der Waals surface area contributed by atoms with Crippen LogP contribution in [0.2, 0.25) is 0 Å². The number of benzene rings is 1. The fraction of sp³-hybridized carbons (Fsp3) is 0.273. The van der Waals surface area contributed by atoms with E-state index in [-0.39, 0.29) is 0 Å². The Labute approximate surface area is 99.2 Å². The highest BCUT2D eigenvalue weighted by Gasteiger charge is 2.21. The molecule has 0 aromatic heterocycles. The van der Waals surface area contributed by atoms with Crippen LogP contribution < -0.4 is 16.4 Å². The van der Waals surface area contributed by atoms with Crippen molar-refractivity contribution in [3.05, 3.63) is 29.8 Å². The van der Waals surface area contributed by atoms with Crippen molar-refractivity contribution in [1.82, 2.24) is 5.32 Å². The van der Waals surface area contributed by atoms with E-state index in [2.05, 4.69) is 10.6 Å². The molecule has 0 radical (unpaired) electrons. The molecule has 84 valence electrons. The van der Waals surface area contributed by atoms with Gasteiger partial charge >= 0.3 is 0 Å². The molecule has 1 aliphatic carbocycles. The van der Waals surface area contributed by atoms with Crippen LogP contribution in [0.15, 0.2) is 24.3 Å². The van der Waals surface area contributed by atoms with E-state index < -0.39 is 5.91 Å². The van der Waals surface area contributed by atoms with E-state index in [0.717, 1.165) is 5.69 Å². The Kier molecular flexibility index (Phi) is 3.05. The van der Waals surface area contributed by atoms with Crippen molar-refractivity contribution < 1.29 is 4.79 Å². The van der Waals surface area contributed by atoms with Crippen LogP contribution in [-0.2, 0) is 0 Å². The Balaban J connectivity index is 1.93. The number of carbonyl (C=O) groups excluding carboxylic acids is 1. The molecule has 1 aliphatic rings. The first-order chi connectivity index (χ1) is 7.65. The van der Waals surface area contributed by atoms with Gasteiger partial charge in [-0.05, 0) is 49.3 Å². The van der Waals surface area contributed by atoms with Crippen molar-refractivity contribution >= 4 is 28.9 Å². The van der Waals surface area contributed by atoms with Crippen LogP contribution in [0.1, 0.15) is 23.2 Å². The highest BCUT2D eigenvalue weighted by Crippen LogP contribution is 2.19. The summed E-state index contributed by atoms with van der Waals surface area (Å²) < 4.78 is 0.